The zero-order valence-corrected chi connectivity index (χ0v) is 13.7. The van der Waals surface area contributed by atoms with Crippen LogP contribution >= 0.6 is 11.6 Å². The molecule has 1 amide bonds. The predicted octanol–water partition coefficient (Wildman–Crippen LogP) is 2.52. The van der Waals surface area contributed by atoms with Crippen LogP contribution in [0.25, 0.3) is 0 Å². The van der Waals surface area contributed by atoms with E-state index in [0.717, 1.165) is 31.0 Å². The molecular formula is C16H19ClN4O2. The maximum Gasteiger partial charge on any atom is 0.224 e. The molecule has 2 aromatic rings. The smallest absolute Gasteiger partial charge is 0.224 e. The standard InChI is InChI=1S/C16H19ClN4O2/c1-11(16-20-19-14-6-3-8-21(14)16)18-15(22)7-9-23-13-5-2-4-12(17)10-13/h2,4-5,10-11H,3,6-9H2,1H3,(H,18,22)/t11-/m0/s1. The molecule has 0 spiro atoms. The fourth-order valence-corrected chi connectivity index (χ4v) is 2.87. The Labute approximate surface area is 139 Å². The summed E-state index contributed by atoms with van der Waals surface area (Å²) < 4.78 is 7.62. The van der Waals surface area contributed by atoms with E-state index in [1.807, 2.05) is 19.1 Å². The van der Waals surface area contributed by atoms with Gasteiger partial charge in [0.15, 0.2) is 5.82 Å². The number of rotatable bonds is 6. The Kier molecular flexibility index (Phi) is 4.81. The summed E-state index contributed by atoms with van der Waals surface area (Å²) in [5, 5.41) is 11.9. The van der Waals surface area contributed by atoms with E-state index in [0.29, 0.717) is 17.4 Å². The molecule has 0 unspecified atom stereocenters. The first kappa shape index (κ1) is 15.8. The summed E-state index contributed by atoms with van der Waals surface area (Å²) in [5.74, 6) is 2.41. The number of hydrogen-bond donors (Lipinski definition) is 1. The summed E-state index contributed by atoms with van der Waals surface area (Å²) in [7, 11) is 0. The largest absolute Gasteiger partial charge is 0.493 e. The lowest BCUT2D eigenvalue weighted by Gasteiger charge is -2.14. The molecule has 1 aromatic carbocycles. The zero-order valence-electron chi connectivity index (χ0n) is 13.0. The molecule has 1 atom stereocenters. The number of ether oxygens (including phenoxy) is 1. The average Bonchev–Trinajstić information content (AvgIpc) is 3.09. The summed E-state index contributed by atoms with van der Waals surface area (Å²) in [6.45, 7) is 3.15. The molecule has 7 heteroatoms. The molecule has 1 aliphatic heterocycles. The lowest BCUT2D eigenvalue weighted by molar-refractivity contribution is -0.122. The molecule has 2 heterocycles. The third kappa shape index (κ3) is 3.82. The van der Waals surface area contributed by atoms with Gasteiger partial charge in [0.1, 0.15) is 11.6 Å². The lowest BCUT2D eigenvalue weighted by atomic mass is 10.3. The van der Waals surface area contributed by atoms with Crippen molar-refractivity contribution in [3.63, 3.8) is 0 Å². The van der Waals surface area contributed by atoms with Gasteiger partial charge in [0.05, 0.1) is 19.1 Å². The SMILES string of the molecule is C[C@H](NC(=O)CCOc1cccc(Cl)c1)c1nnc2n1CCC2. The molecule has 122 valence electrons. The number of nitrogens with one attached hydrogen (secondary N) is 1. The first-order valence-corrected chi connectivity index (χ1v) is 8.11. The Balaban J connectivity index is 1.47. The first-order valence-electron chi connectivity index (χ1n) is 7.73. The number of benzene rings is 1. The zero-order chi connectivity index (χ0) is 16.2. The highest BCUT2D eigenvalue weighted by Crippen LogP contribution is 2.19. The highest BCUT2D eigenvalue weighted by molar-refractivity contribution is 6.30. The van der Waals surface area contributed by atoms with Crippen LogP contribution in [-0.2, 0) is 17.8 Å². The van der Waals surface area contributed by atoms with Crippen molar-refractivity contribution in [1.82, 2.24) is 20.1 Å². The van der Waals surface area contributed by atoms with Gasteiger partial charge in [-0.2, -0.15) is 0 Å². The molecule has 0 saturated carbocycles. The summed E-state index contributed by atoms with van der Waals surface area (Å²) in [6.07, 6.45) is 2.32. The fourth-order valence-electron chi connectivity index (χ4n) is 2.69. The minimum absolute atomic E-state index is 0.0742. The van der Waals surface area contributed by atoms with Crippen molar-refractivity contribution < 1.29 is 9.53 Å². The molecule has 0 bridgehead atoms. The van der Waals surface area contributed by atoms with Gasteiger partial charge in [-0.05, 0) is 31.5 Å². The van der Waals surface area contributed by atoms with Gasteiger partial charge >= 0.3 is 0 Å². The maximum atomic E-state index is 12.0. The second-order valence-electron chi connectivity index (χ2n) is 5.57. The van der Waals surface area contributed by atoms with Crippen molar-refractivity contribution in [2.45, 2.75) is 38.8 Å². The minimum atomic E-state index is -0.159. The Morgan fingerprint density at radius 3 is 3.17 bits per heavy atom. The van der Waals surface area contributed by atoms with Crippen molar-refractivity contribution in [3.8, 4) is 5.75 Å². The molecule has 23 heavy (non-hydrogen) atoms. The van der Waals surface area contributed by atoms with E-state index in [1.54, 1.807) is 12.1 Å². The van der Waals surface area contributed by atoms with Crippen molar-refractivity contribution in [1.29, 1.82) is 0 Å². The molecule has 3 rings (SSSR count). The number of fused-ring (bicyclic) bond motifs is 1. The van der Waals surface area contributed by atoms with E-state index < -0.39 is 0 Å². The van der Waals surface area contributed by atoms with Crippen molar-refractivity contribution in [2.75, 3.05) is 6.61 Å². The van der Waals surface area contributed by atoms with Crippen LogP contribution in [0, 0.1) is 0 Å². The van der Waals surface area contributed by atoms with Crippen LogP contribution in [0.1, 0.15) is 37.5 Å². The maximum absolute atomic E-state index is 12.0. The number of aromatic nitrogens is 3. The molecule has 0 fully saturated rings. The number of carbonyl (C=O) groups excluding carboxylic acids is 1. The number of aryl methyl sites for hydroxylation is 1. The van der Waals surface area contributed by atoms with E-state index in [9.17, 15) is 4.79 Å². The van der Waals surface area contributed by atoms with Gasteiger partial charge in [-0.3, -0.25) is 4.79 Å². The Bertz CT molecular complexity index is 701. The van der Waals surface area contributed by atoms with Gasteiger partial charge < -0.3 is 14.6 Å². The van der Waals surface area contributed by atoms with Crippen molar-refractivity contribution in [2.24, 2.45) is 0 Å². The third-order valence-corrected chi connectivity index (χ3v) is 4.03. The number of hydrogen-bond acceptors (Lipinski definition) is 4. The van der Waals surface area contributed by atoms with Crippen LogP contribution in [0.15, 0.2) is 24.3 Å². The van der Waals surface area contributed by atoms with E-state index in [1.165, 1.54) is 0 Å². The van der Waals surface area contributed by atoms with E-state index in [2.05, 4.69) is 20.1 Å². The molecule has 0 aliphatic carbocycles. The Morgan fingerprint density at radius 2 is 2.35 bits per heavy atom. The summed E-state index contributed by atoms with van der Waals surface area (Å²) in [4.78, 5) is 12.0. The van der Waals surface area contributed by atoms with E-state index >= 15 is 0 Å². The number of amides is 1. The number of nitrogens with zero attached hydrogens (tertiary/aromatic N) is 3. The topological polar surface area (TPSA) is 69.0 Å². The highest BCUT2D eigenvalue weighted by Gasteiger charge is 2.22. The van der Waals surface area contributed by atoms with Gasteiger partial charge in [-0.25, -0.2) is 0 Å². The molecule has 1 N–H and O–H groups in total. The molecule has 0 radical (unpaired) electrons. The van der Waals surface area contributed by atoms with E-state index in [4.69, 9.17) is 16.3 Å². The van der Waals surface area contributed by atoms with Crippen LogP contribution in [0.5, 0.6) is 5.75 Å². The number of carbonyl (C=O) groups is 1. The third-order valence-electron chi connectivity index (χ3n) is 3.80. The monoisotopic (exact) mass is 334 g/mol. The van der Waals surface area contributed by atoms with Crippen LogP contribution in [0.4, 0.5) is 0 Å². The normalized spacial score (nSPS) is 14.3. The summed E-state index contributed by atoms with van der Waals surface area (Å²) in [5.41, 5.74) is 0. The van der Waals surface area contributed by atoms with Gasteiger partial charge in [0.2, 0.25) is 5.91 Å². The molecular weight excluding hydrogens is 316 g/mol. The molecule has 0 saturated heterocycles. The van der Waals surface area contributed by atoms with Gasteiger partial charge in [0, 0.05) is 18.0 Å². The Hall–Kier alpha value is -2.08. The molecule has 1 aliphatic rings. The van der Waals surface area contributed by atoms with Crippen molar-refractivity contribution >= 4 is 17.5 Å². The fraction of sp³-hybridized carbons (Fsp3) is 0.438. The molecule has 1 aromatic heterocycles. The van der Waals surface area contributed by atoms with Crippen LogP contribution in [0.3, 0.4) is 0 Å². The van der Waals surface area contributed by atoms with E-state index in [-0.39, 0.29) is 18.4 Å². The van der Waals surface area contributed by atoms with Crippen LogP contribution < -0.4 is 10.1 Å². The van der Waals surface area contributed by atoms with Crippen molar-refractivity contribution in [3.05, 3.63) is 40.9 Å². The van der Waals surface area contributed by atoms with Crippen LogP contribution in [0.2, 0.25) is 5.02 Å². The van der Waals surface area contributed by atoms with Crippen LogP contribution in [-0.4, -0.2) is 27.3 Å². The molecule has 6 nitrogen and oxygen atoms in total. The highest BCUT2D eigenvalue weighted by atomic mass is 35.5. The van der Waals surface area contributed by atoms with Gasteiger partial charge in [-0.1, -0.05) is 17.7 Å². The Morgan fingerprint density at radius 1 is 1.48 bits per heavy atom. The lowest BCUT2D eigenvalue weighted by Crippen LogP contribution is -2.29. The predicted molar refractivity (Wildman–Crippen MR) is 86.5 cm³/mol. The number of halogens is 1. The van der Waals surface area contributed by atoms with Gasteiger partial charge in [-0.15, -0.1) is 10.2 Å². The second kappa shape index (κ2) is 7.00. The summed E-state index contributed by atoms with van der Waals surface area (Å²) in [6, 6.07) is 6.96. The first-order chi connectivity index (χ1) is 11.1. The summed E-state index contributed by atoms with van der Waals surface area (Å²) >= 11 is 5.88. The quantitative estimate of drug-likeness (QED) is 0.881. The average molecular weight is 335 g/mol. The second-order valence-corrected chi connectivity index (χ2v) is 6.01. The van der Waals surface area contributed by atoms with Gasteiger partial charge in [0.25, 0.3) is 0 Å². The minimum Gasteiger partial charge on any atom is -0.493 e.